The maximum atomic E-state index is 13.7. The Bertz CT molecular complexity index is 1070. The molecular formula is C19H18ClF3N4OS. The van der Waals surface area contributed by atoms with E-state index in [9.17, 15) is 18.0 Å². The number of carbonyl (C=O) groups excluding carboxylic acids is 1. The van der Waals surface area contributed by atoms with Crippen LogP contribution in [0.4, 0.5) is 13.2 Å². The zero-order chi connectivity index (χ0) is 20.9. The van der Waals surface area contributed by atoms with Crippen molar-refractivity contribution < 1.29 is 18.0 Å². The van der Waals surface area contributed by atoms with Crippen LogP contribution in [0.15, 0.2) is 24.3 Å². The minimum Gasteiger partial charge on any atom is -0.337 e. The number of likely N-dealkylation sites (tertiary alicyclic amines) is 1. The third-order valence-electron chi connectivity index (χ3n) is 4.92. The van der Waals surface area contributed by atoms with E-state index in [0.717, 1.165) is 23.8 Å². The van der Waals surface area contributed by atoms with Crippen LogP contribution in [0.3, 0.4) is 0 Å². The van der Waals surface area contributed by atoms with Crippen molar-refractivity contribution in [2.45, 2.75) is 26.4 Å². The molecule has 0 aromatic carbocycles. The SMILES string of the molecule is C[C@@H]1C[C@@H](C)CN(C(=O)c2cc3nc(-c4ccc(Cl)s4)cc(C(F)(F)F)n3n2)C1. The number of fused-ring (bicyclic) bond motifs is 1. The molecule has 0 saturated carbocycles. The molecule has 1 fully saturated rings. The van der Waals surface area contributed by atoms with Gasteiger partial charge in [-0.15, -0.1) is 11.3 Å². The van der Waals surface area contributed by atoms with Crippen molar-refractivity contribution in [2.24, 2.45) is 11.8 Å². The number of piperidine rings is 1. The second-order valence-corrected chi connectivity index (χ2v) is 9.30. The van der Waals surface area contributed by atoms with Gasteiger partial charge < -0.3 is 4.90 Å². The minimum absolute atomic E-state index is 0.0270. The Labute approximate surface area is 174 Å². The van der Waals surface area contributed by atoms with Crippen LogP contribution in [0.25, 0.3) is 16.2 Å². The summed E-state index contributed by atoms with van der Waals surface area (Å²) in [6, 6.07) is 5.47. The van der Waals surface area contributed by atoms with Crippen LogP contribution in [0, 0.1) is 11.8 Å². The number of thiophene rings is 1. The molecule has 29 heavy (non-hydrogen) atoms. The first-order chi connectivity index (χ1) is 13.6. The van der Waals surface area contributed by atoms with Crippen molar-refractivity contribution in [2.75, 3.05) is 13.1 Å². The van der Waals surface area contributed by atoms with Gasteiger partial charge in [0.2, 0.25) is 0 Å². The van der Waals surface area contributed by atoms with Gasteiger partial charge in [-0.25, -0.2) is 9.50 Å². The highest BCUT2D eigenvalue weighted by Gasteiger charge is 2.36. The average Bonchev–Trinajstić information content (AvgIpc) is 3.24. The van der Waals surface area contributed by atoms with E-state index in [-0.39, 0.29) is 22.9 Å². The third-order valence-corrected chi connectivity index (χ3v) is 6.17. The van der Waals surface area contributed by atoms with Gasteiger partial charge >= 0.3 is 6.18 Å². The molecule has 3 aromatic heterocycles. The monoisotopic (exact) mass is 442 g/mol. The van der Waals surface area contributed by atoms with Gasteiger partial charge in [0.1, 0.15) is 0 Å². The molecule has 1 aliphatic heterocycles. The van der Waals surface area contributed by atoms with Gasteiger partial charge in [-0.1, -0.05) is 25.4 Å². The van der Waals surface area contributed by atoms with Crippen molar-refractivity contribution in [3.63, 3.8) is 0 Å². The highest BCUT2D eigenvalue weighted by atomic mass is 35.5. The smallest absolute Gasteiger partial charge is 0.337 e. The largest absolute Gasteiger partial charge is 0.433 e. The summed E-state index contributed by atoms with van der Waals surface area (Å²) in [5.74, 6) is 0.292. The molecule has 154 valence electrons. The topological polar surface area (TPSA) is 50.5 Å². The first-order valence-corrected chi connectivity index (χ1v) is 10.3. The molecule has 1 amide bonds. The second kappa shape index (κ2) is 7.28. The maximum absolute atomic E-state index is 13.7. The fourth-order valence-electron chi connectivity index (χ4n) is 3.85. The van der Waals surface area contributed by atoms with Crippen LogP contribution in [-0.4, -0.2) is 38.5 Å². The van der Waals surface area contributed by atoms with Crippen LogP contribution in [-0.2, 0) is 6.18 Å². The first kappa shape index (κ1) is 20.2. The standard InChI is InChI=1S/C19H18ClF3N4OS/c1-10-5-11(2)9-26(8-10)18(28)13-7-17-24-12(14-3-4-16(20)29-14)6-15(19(21,22)23)27(17)25-13/h3-4,6-7,10-11H,5,8-9H2,1-2H3/t10-,11-/m1/s1. The summed E-state index contributed by atoms with van der Waals surface area (Å²) in [4.78, 5) is 19.4. The zero-order valence-corrected chi connectivity index (χ0v) is 17.3. The van der Waals surface area contributed by atoms with Crippen LogP contribution in [0.2, 0.25) is 4.34 Å². The lowest BCUT2D eigenvalue weighted by atomic mass is 9.92. The molecule has 0 unspecified atom stereocenters. The summed E-state index contributed by atoms with van der Waals surface area (Å²) in [7, 11) is 0. The quantitative estimate of drug-likeness (QED) is 0.544. The third kappa shape index (κ3) is 3.98. The van der Waals surface area contributed by atoms with Crippen LogP contribution >= 0.6 is 22.9 Å². The van der Waals surface area contributed by atoms with Crippen LogP contribution < -0.4 is 0 Å². The molecule has 0 bridgehead atoms. The van der Waals surface area contributed by atoms with Crippen molar-refractivity contribution in [3.05, 3.63) is 40.0 Å². The number of halogens is 4. The normalized spacial score (nSPS) is 20.4. The summed E-state index contributed by atoms with van der Waals surface area (Å²) in [6.07, 6.45) is -3.64. The number of rotatable bonds is 2. The molecule has 1 saturated heterocycles. The van der Waals surface area contributed by atoms with Gasteiger partial charge in [-0.3, -0.25) is 4.79 Å². The lowest BCUT2D eigenvalue weighted by Gasteiger charge is -2.34. The van der Waals surface area contributed by atoms with Gasteiger partial charge in [0.05, 0.1) is 14.9 Å². The van der Waals surface area contributed by atoms with E-state index in [1.807, 2.05) is 0 Å². The number of nitrogens with zero attached hydrogens (tertiary/aromatic N) is 4. The predicted molar refractivity (Wildman–Crippen MR) is 105 cm³/mol. The first-order valence-electron chi connectivity index (χ1n) is 9.15. The molecule has 1 aliphatic rings. The Kier molecular flexibility index (Phi) is 5.06. The van der Waals surface area contributed by atoms with Gasteiger partial charge in [0.25, 0.3) is 5.91 Å². The molecule has 0 spiro atoms. The highest BCUT2D eigenvalue weighted by molar-refractivity contribution is 7.19. The molecule has 0 aliphatic carbocycles. The van der Waals surface area contributed by atoms with Crippen molar-refractivity contribution in [1.29, 1.82) is 0 Å². The van der Waals surface area contributed by atoms with E-state index < -0.39 is 11.9 Å². The van der Waals surface area contributed by atoms with Crippen molar-refractivity contribution >= 4 is 34.5 Å². The Morgan fingerprint density at radius 2 is 1.90 bits per heavy atom. The van der Waals surface area contributed by atoms with Gasteiger partial charge in [0, 0.05) is 19.2 Å². The molecule has 4 heterocycles. The van der Waals surface area contributed by atoms with Crippen LogP contribution in [0.5, 0.6) is 0 Å². The number of aromatic nitrogens is 3. The van der Waals surface area contributed by atoms with E-state index in [1.54, 1.807) is 17.0 Å². The van der Waals surface area contributed by atoms with Crippen LogP contribution in [0.1, 0.15) is 36.5 Å². The molecule has 5 nitrogen and oxygen atoms in total. The molecule has 0 N–H and O–H groups in total. The minimum atomic E-state index is -4.66. The van der Waals surface area contributed by atoms with Crippen molar-refractivity contribution in [3.8, 4) is 10.6 Å². The van der Waals surface area contributed by atoms with E-state index in [1.165, 1.54) is 6.07 Å². The zero-order valence-electron chi connectivity index (χ0n) is 15.7. The average molecular weight is 443 g/mol. The van der Waals surface area contributed by atoms with Crippen molar-refractivity contribution in [1.82, 2.24) is 19.5 Å². The van der Waals surface area contributed by atoms with Gasteiger partial charge in [-0.2, -0.15) is 18.3 Å². The number of amides is 1. The lowest BCUT2D eigenvalue weighted by Crippen LogP contribution is -2.42. The van der Waals surface area contributed by atoms with E-state index in [4.69, 9.17) is 11.6 Å². The predicted octanol–water partition coefficient (Wildman–Crippen LogP) is 5.25. The fourth-order valence-corrected chi connectivity index (χ4v) is 4.85. The number of carbonyl (C=O) groups is 1. The number of hydrogen-bond acceptors (Lipinski definition) is 4. The molecule has 4 rings (SSSR count). The number of hydrogen-bond donors (Lipinski definition) is 0. The second-order valence-electron chi connectivity index (χ2n) is 7.58. The summed E-state index contributed by atoms with van der Waals surface area (Å²) in [6.45, 7) is 5.24. The molecule has 0 radical (unpaired) electrons. The summed E-state index contributed by atoms with van der Waals surface area (Å²) >= 11 is 7.05. The van der Waals surface area contributed by atoms with E-state index >= 15 is 0 Å². The van der Waals surface area contributed by atoms with E-state index in [0.29, 0.717) is 38.7 Å². The van der Waals surface area contributed by atoms with Gasteiger partial charge in [0.15, 0.2) is 17.0 Å². The highest BCUT2D eigenvalue weighted by Crippen LogP contribution is 2.35. The molecule has 10 heteroatoms. The van der Waals surface area contributed by atoms with Gasteiger partial charge in [-0.05, 0) is 36.5 Å². The Morgan fingerprint density at radius 3 is 2.48 bits per heavy atom. The maximum Gasteiger partial charge on any atom is 0.433 e. The molecule has 3 aromatic rings. The fraction of sp³-hybridized carbons (Fsp3) is 0.421. The summed E-state index contributed by atoms with van der Waals surface area (Å²) in [5.41, 5.74) is -0.909. The summed E-state index contributed by atoms with van der Waals surface area (Å²) in [5, 5.41) is 3.96. The lowest BCUT2D eigenvalue weighted by molar-refractivity contribution is -0.142. The number of alkyl halides is 3. The molecule has 2 atom stereocenters. The summed E-state index contributed by atoms with van der Waals surface area (Å²) < 4.78 is 42.2. The Morgan fingerprint density at radius 1 is 1.21 bits per heavy atom. The molecular weight excluding hydrogens is 425 g/mol. The Balaban J connectivity index is 1.79. The van der Waals surface area contributed by atoms with E-state index in [2.05, 4.69) is 23.9 Å². The Hall–Kier alpha value is -2.13.